The van der Waals surface area contributed by atoms with Crippen molar-refractivity contribution in [3.63, 3.8) is 0 Å². The zero-order chi connectivity index (χ0) is 66.2. The van der Waals surface area contributed by atoms with Gasteiger partial charge in [0.2, 0.25) is 0 Å². The summed E-state index contributed by atoms with van der Waals surface area (Å²) in [7, 11) is 0. The highest BCUT2D eigenvalue weighted by Crippen LogP contribution is 2.40. The van der Waals surface area contributed by atoms with Gasteiger partial charge in [0.25, 0.3) is 0 Å². The lowest BCUT2D eigenvalue weighted by molar-refractivity contribution is -0.404. The van der Waals surface area contributed by atoms with Gasteiger partial charge in [0.1, 0.15) is 195 Å². The highest BCUT2D eigenvalue weighted by atomic mass is 16.8. The summed E-state index contributed by atoms with van der Waals surface area (Å²) in [6.45, 7) is -4.67. The van der Waals surface area contributed by atoms with Crippen LogP contribution in [-0.4, -0.2) is 423 Å². The molecule has 0 amide bonds. The van der Waals surface area contributed by atoms with Crippen molar-refractivity contribution in [2.24, 2.45) is 0 Å². The second kappa shape index (κ2) is 31.8. The molecule has 30 rings (SSSR count). The highest BCUT2D eigenvalue weighted by molar-refractivity contribution is 5.02. The van der Waals surface area contributed by atoms with Crippen molar-refractivity contribution in [3.8, 4) is 0 Å². The molecule has 0 aromatic carbocycles. The average Bonchev–Trinajstić information content (AvgIpc) is 0.814. The molecule has 30 aliphatic heterocycles. The SMILES string of the molecule is C=CCOC[C@H]1O[C@@H]2O[C@H]3[C@H](O)[C@@H](O)[C@@H](O[C@H]4[C@H](O)[C@@H](O)[C@@H](O[C@H]5[C@H](O)[C@@H](O)[C@@H](O[C@H]6[C@H](O)[C@@H](O)[C@@H](O[C@H]7[C@H](O)[C@@H](O)[C@@H](O[C@H]8[C@H](O)[C@@H](O)[C@@H](O[C@H]9[C@H](O)[C@@H](O)[C@@H](O[C@H]1[C@H](O)[C@H]2O)O[C@@H]9CO)O[C@@H]8CO)O[C@@H]7CO)O[C@@H]6CO)O[C@@H]5CO)O[C@@H]4CO)O[C@@H]3CO. The van der Waals surface area contributed by atoms with Crippen molar-refractivity contribution < 1.29 is 198 Å². The topological polar surface area (TPSA) is 622 Å². The van der Waals surface area contributed by atoms with Gasteiger partial charge in [0.05, 0.1) is 59.5 Å². The molecule has 40 heteroatoms. The van der Waals surface area contributed by atoms with Crippen molar-refractivity contribution in [2.45, 2.75) is 246 Å². The molecule has 0 aromatic rings. The fourth-order valence-electron chi connectivity index (χ4n) is 12.2. The molecule has 91 heavy (non-hydrogen) atoms. The summed E-state index contributed by atoms with van der Waals surface area (Å²) in [5.74, 6) is 0. The van der Waals surface area contributed by atoms with Crippen molar-refractivity contribution in [3.05, 3.63) is 12.7 Å². The predicted octanol–water partition coefficient (Wildman–Crippen LogP) is -16.2. The fraction of sp³-hybridized carbons (Fsp3) is 0.961. The lowest BCUT2D eigenvalue weighted by Crippen LogP contribution is -2.69. The molecule has 0 unspecified atom stereocenters. The van der Waals surface area contributed by atoms with E-state index in [0.29, 0.717) is 0 Å². The second-order valence-corrected chi connectivity index (χ2v) is 23.1. The predicted molar refractivity (Wildman–Crippen MR) is 275 cm³/mol. The Kier molecular flexibility index (Phi) is 25.6. The first kappa shape index (κ1) is 73.4. The lowest BCUT2D eigenvalue weighted by atomic mass is 9.94. The van der Waals surface area contributed by atoms with Gasteiger partial charge in [-0.25, -0.2) is 0 Å². The van der Waals surface area contributed by atoms with Crippen LogP contribution in [0.2, 0.25) is 0 Å². The van der Waals surface area contributed by atoms with E-state index in [2.05, 4.69) is 6.58 Å². The summed E-state index contributed by atoms with van der Waals surface area (Å²) in [5, 5.41) is 256. The van der Waals surface area contributed by atoms with E-state index in [4.69, 9.17) is 80.5 Å². The molecule has 0 spiro atoms. The zero-order valence-corrected chi connectivity index (χ0v) is 48.0. The van der Waals surface area contributed by atoms with Crippen LogP contribution in [0.15, 0.2) is 12.7 Å². The van der Waals surface area contributed by atoms with Crippen LogP contribution in [-0.2, 0) is 80.5 Å². The third-order valence-corrected chi connectivity index (χ3v) is 17.2. The lowest BCUT2D eigenvalue weighted by Gasteiger charge is -2.50. The fourth-order valence-corrected chi connectivity index (χ4v) is 12.2. The van der Waals surface area contributed by atoms with Crippen LogP contribution in [0.5, 0.6) is 0 Å². The largest absolute Gasteiger partial charge is 0.394 e. The van der Waals surface area contributed by atoms with Crippen molar-refractivity contribution in [2.75, 3.05) is 59.5 Å². The van der Waals surface area contributed by atoms with Crippen LogP contribution >= 0.6 is 0 Å². The maximum absolute atomic E-state index is 11.7. The molecule has 40 nitrogen and oxygen atoms in total. The van der Waals surface area contributed by atoms with Gasteiger partial charge in [-0.15, -0.1) is 6.58 Å². The minimum absolute atomic E-state index is 0.165. The Labute approximate surface area is 514 Å². The van der Waals surface area contributed by atoms with E-state index in [0.717, 1.165) is 0 Å². The van der Waals surface area contributed by atoms with Crippen LogP contribution < -0.4 is 0 Å². The summed E-state index contributed by atoms with van der Waals surface area (Å²) >= 11 is 0. The van der Waals surface area contributed by atoms with Gasteiger partial charge >= 0.3 is 0 Å². The zero-order valence-electron chi connectivity index (χ0n) is 48.0. The van der Waals surface area contributed by atoms with E-state index in [-0.39, 0.29) is 6.61 Å². The summed E-state index contributed by atoms with van der Waals surface area (Å²) in [5.41, 5.74) is 0. The van der Waals surface area contributed by atoms with Gasteiger partial charge in [-0.2, -0.15) is 0 Å². The van der Waals surface area contributed by atoms with E-state index in [1.807, 2.05) is 0 Å². The molecule has 40 atom stereocenters. The Bertz CT molecular complexity index is 2220. The van der Waals surface area contributed by atoms with E-state index in [9.17, 15) is 117 Å². The molecule has 30 saturated heterocycles. The molecule has 23 N–H and O–H groups in total. The quantitative estimate of drug-likeness (QED) is 0.0675. The molecule has 16 bridgehead atoms. The van der Waals surface area contributed by atoms with Crippen molar-refractivity contribution in [1.82, 2.24) is 0 Å². The molecule has 30 heterocycles. The maximum Gasteiger partial charge on any atom is 0.187 e. The minimum Gasteiger partial charge on any atom is -0.394 e. The Morgan fingerprint density at radius 2 is 0.363 bits per heavy atom. The Morgan fingerprint density at radius 1 is 0.220 bits per heavy atom. The van der Waals surface area contributed by atoms with Crippen molar-refractivity contribution in [1.29, 1.82) is 0 Å². The maximum atomic E-state index is 11.7. The Hall–Kier alpha value is -1.86. The Morgan fingerprint density at radius 3 is 0.505 bits per heavy atom. The molecule has 30 aliphatic rings. The summed E-state index contributed by atoms with van der Waals surface area (Å²) in [4.78, 5) is 0. The molecular weight excluding hydrogens is 1250 g/mol. The molecule has 0 aromatic heterocycles. The van der Waals surface area contributed by atoms with Gasteiger partial charge < -0.3 is 198 Å². The summed E-state index contributed by atoms with van der Waals surface area (Å²) < 4.78 is 97.7. The first-order chi connectivity index (χ1) is 43.4. The first-order valence-electron chi connectivity index (χ1n) is 29.2. The van der Waals surface area contributed by atoms with Crippen LogP contribution in [0.4, 0.5) is 0 Å². The van der Waals surface area contributed by atoms with Gasteiger partial charge in [-0.1, -0.05) is 6.08 Å². The third kappa shape index (κ3) is 15.0. The number of rotatable bonds is 11. The van der Waals surface area contributed by atoms with Gasteiger partial charge in [0.15, 0.2) is 50.3 Å². The van der Waals surface area contributed by atoms with E-state index in [1.54, 1.807) is 0 Å². The van der Waals surface area contributed by atoms with Crippen molar-refractivity contribution >= 4 is 0 Å². The number of hydrogen-bond donors (Lipinski definition) is 23. The average molecular weight is 1340 g/mol. The monoisotopic (exact) mass is 1340 g/mol. The van der Waals surface area contributed by atoms with Gasteiger partial charge in [-0.05, 0) is 0 Å². The second-order valence-electron chi connectivity index (χ2n) is 23.1. The number of aliphatic hydroxyl groups excluding tert-OH is 23. The van der Waals surface area contributed by atoms with E-state index >= 15 is 0 Å². The third-order valence-electron chi connectivity index (χ3n) is 17.2. The standard InChI is InChI=1S/C51H84O40/c1-2-3-75-11-19-43-27(66)35(74)51(83-19)90-42-18(10-58)81-49(33(72)25(42)64)88-40-16(8-56)79-47(31(70)23(40)62)86-38-14(6-54)77-45(29(68)21(38)60)84-36-12(4-52)76-44(28(67)20(36)59)85-37-13(5-53)78-46(30(69)22(37)61)87-39-15(7-55)80-48(32(71)24(39)63)89-41-17(9-57)82-50(91-43)34(73)26(41)65/h2,12-74H,1,3-11H2/t12-,13-,14-,15-,16-,17-,18-,19-,20-,21-,22-,23-,24-,25-,26-,27-,28-,29-,30-,31-,32-,33-,34-,35-,36-,37-,38-,39-,40-,41-,42-,43-,44-,45-,46-,47-,48-,49-,50-,51-/m1/s1. The summed E-state index contributed by atoms with van der Waals surface area (Å²) in [6, 6.07) is 0. The molecule has 0 aliphatic carbocycles. The number of aliphatic hydroxyl groups is 23. The molecule has 30 fully saturated rings. The van der Waals surface area contributed by atoms with Gasteiger partial charge in [-0.3, -0.25) is 0 Å². The first-order valence-corrected chi connectivity index (χ1v) is 29.2. The molecule has 0 saturated carbocycles. The molecular formula is C51H84O40. The smallest absolute Gasteiger partial charge is 0.187 e. The van der Waals surface area contributed by atoms with Crippen LogP contribution in [0.25, 0.3) is 0 Å². The summed E-state index contributed by atoms with van der Waals surface area (Å²) in [6.07, 6.45) is -80.0. The number of ether oxygens (including phenoxy) is 17. The molecule has 528 valence electrons. The minimum atomic E-state index is -2.25. The normalized spacial score (nSPS) is 53.9. The number of hydrogen-bond acceptors (Lipinski definition) is 40. The van der Waals surface area contributed by atoms with E-state index in [1.165, 1.54) is 6.08 Å². The Balaban J connectivity index is 0.987. The highest BCUT2D eigenvalue weighted by Gasteiger charge is 2.60. The van der Waals surface area contributed by atoms with Crippen LogP contribution in [0, 0.1) is 0 Å². The van der Waals surface area contributed by atoms with E-state index < -0.39 is 299 Å². The van der Waals surface area contributed by atoms with Crippen LogP contribution in [0.3, 0.4) is 0 Å². The molecule has 0 radical (unpaired) electrons. The van der Waals surface area contributed by atoms with Crippen LogP contribution in [0.1, 0.15) is 0 Å². The van der Waals surface area contributed by atoms with Gasteiger partial charge in [0, 0.05) is 0 Å².